The van der Waals surface area contributed by atoms with E-state index in [1.807, 2.05) is 4.90 Å². The third-order valence-corrected chi connectivity index (χ3v) is 5.34. The van der Waals surface area contributed by atoms with E-state index in [-0.39, 0.29) is 5.78 Å². The van der Waals surface area contributed by atoms with E-state index < -0.39 is 24.2 Å². The van der Waals surface area contributed by atoms with Crippen molar-refractivity contribution in [1.29, 1.82) is 0 Å². The summed E-state index contributed by atoms with van der Waals surface area (Å²) in [6.07, 6.45) is -3.97. The second-order valence-corrected chi connectivity index (χ2v) is 7.24. The lowest BCUT2D eigenvalue weighted by atomic mass is 9.89. The molecule has 1 fully saturated rings. The van der Waals surface area contributed by atoms with Gasteiger partial charge in [-0.05, 0) is 44.0 Å². The predicted octanol–water partition coefficient (Wildman–Crippen LogP) is 4.38. The van der Waals surface area contributed by atoms with E-state index in [9.17, 15) is 22.8 Å². The lowest BCUT2D eigenvalue weighted by molar-refractivity contribution is -0.174. The minimum absolute atomic E-state index is 0.120. The summed E-state index contributed by atoms with van der Waals surface area (Å²) in [7, 11) is 0. The highest BCUT2D eigenvalue weighted by Crippen LogP contribution is 2.47. The number of Topliss-reactive ketones (excluding diaryl/α,β-unsaturated/α-hetero) is 1. The fourth-order valence-corrected chi connectivity index (χ4v) is 4.04. The zero-order chi connectivity index (χ0) is 20.8. The van der Waals surface area contributed by atoms with E-state index in [0.717, 1.165) is 0 Å². The van der Waals surface area contributed by atoms with Crippen LogP contribution in [0.2, 0.25) is 0 Å². The Labute approximate surface area is 165 Å². The number of halogens is 3. The number of amides is 1. The number of carbonyl (C=O) groups excluding carboxylic acids is 2. The monoisotopic (exact) mass is 404 g/mol. The van der Waals surface area contributed by atoms with Crippen LogP contribution in [0.4, 0.5) is 18.9 Å². The number of fused-ring (bicyclic) bond motifs is 5. The number of ketones is 1. The molecule has 4 rings (SSSR count). The van der Waals surface area contributed by atoms with Gasteiger partial charge in [0.1, 0.15) is 5.75 Å². The third-order valence-electron chi connectivity index (χ3n) is 5.34. The number of hydrogen-bond acceptors (Lipinski definition) is 4. The van der Waals surface area contributed by atoms with Crippen molar-refractivity contribution in [2.45, 2.75) is 38.0 Å². The Morgan fingerprint density at radius 2 is 1.90 bits per heavy atom. The molecule has 1 amide bonds. The molecule has 0 aromatic heterocycles. The van der Waals surface area contributed by atoms with Gasteiger partial charge in [0.25, 0.3) is 0 Å². The van der Waals surface area contributed by atoms with Gasteiger partial charge in [0.05, 0.1) is 17.8 Å². The van der Waals surface area contributed by atoms with Gasteiger partial charge < -0.3 is 15.0 Å². The van der Waals surface area contributed by atoms with Crippen molar-refractivity contribution in [1.82, 2.24) is 5.32 Å². The molecule has 29 heavy (non-hydrogen) atoms. The van der Waals surface area contributed by atoms with Crippen LogP contribution in [0.15, 0.2) is 42.5 Å². The second kappa shape index (κ2) is 7.09. The molecular formula is C21H19F3N2O3. The van der Waals surface area contributed by atoms with Crippen molar-refractivity contribution in [2.75, 3.05) is 11.4 Å². The van der Waals surface area contributed by atoms with Gasteiger partial charge in [-0.3, -0.25) is 9.59 Å². The van der Waals surface area contributed by atoms with Crippen LogP contribution >= 0.6 is 0 Å². The predicted molar refractivity (Wildman–Crippen MR) is 100 cm³/mol. The minimum Gasteiger partial charge on any atom is -0.455 e. The summed E-state index contributed by atoms with van der Waals surface area (Å²) in [6, 6.07) is 10.9. The standard InChI is InChI=1S/C21H19F3N2O3/c1-12(27)13-8-9-18-16(11-13)26-10-4-6-15(25-20(28)21(22,23)24)19(26)14-5-2-3-7-17(14)29-18/h2-3,5,7-9,11,15,19H,4,6,10H2,1H3,(H,25,28)/t15-,19+/m1/s1. The maximum atomic E-state index is 12.9. The van der Waals surface area contributed by atoms with Gasteiger partial charge in [-0.1, -0.05) is 18.2 Å². The Morgan fingerprint density at radius 3 is 2.62 bits per heavy atom. The van der Waals surface area contributed by atoms with Crippen LogP contribution < -0.4 is 15.0 Å². The molecule has 0 saturated carbocycles. The smallest absolute Gasteiger partial charge is 0.455 e. The summed E-state index contributed by atoms with van der Waals surface area (Å²) < 4.78 is 44.8. The number of para-hydroxylation sites is 1. The fourth-order valence-electron chi connectivity index (χ4n) is 4.04. The van der Waals surface area contributed by atoms with Gasteiger partial charge in [-0.25, -0.2) is 0 Å². The molecule has 2 aliphatic rings. The molecule has 1 saturated heterocycles. The quantitative estimate of drug-likeness (QED) is 0.755. The SMILES string of the molecule is CC(=O)c1ccc2c(c1)N1CCC[C@@H](NC(=O)C(F)(F)F)[C@@H]1c1ccccc1O2. The van der Waals surface area contributed by atoms with Crippen LogP contribution in [0, 0.1) is 0 Å². The number of hydrogen-bond donors (Lipinski definition) is 1. The molecule has 8 heteroatoms. The summed E-state index contributed by atoms with van der Waals surface area (Å²) in [6.45, 7) is 2.02. The van der Waals surface area contributed by atoms with Crippen LogP contribution in [0.5, 0.6) is 11.5 Å². The van der Waals surface area contributed by atoms with E-state index in [0.29, 0.717) is 47.7 Å². The van der Waals surface area contributed by atoms with Crippen LogP contribution in [0.25, 0.3) is 0 Å². The molecule has 0 aliphatic carbocycles. The van der Waals surface area contributed by atoms with E-state index in [1.165, 1.54) is 6.92 Å². The van der Waals surface area contributed by atoms with Gasteiger partial charge in [0.2, 0.25) is 0 Å². The zero-order valence-electron chi connectivity index (χ0n) is 15.6. The van der Waals surface area contributed by atoms with Crippen LogP contribution in [-0.2, 0) is 4.79 Å². The molecule has 2 aromatic carbocycles. The van der Waals surface area contributed by atoms with Crippen molar-refractivity contribution in [2.24, 2.45) is 0 Å². The number of rotatable bonds is 2. The molecule has 0 bridgehead atoms. The number of benzene rings is 2. The highest BCUT2D eigenvalue weighted by molar-refractivity contribution is 5.95. The van der Waals surface area contributed by atoms with Gasteiger partial charge in [-0.15, -0.1) is 0 Å². The Kier molecular flexibility index (Phi) is 4.72. The average Bonchev–Trinajstić information content (AvgIpc) is 2.81. The van der Waals surface area contributed by atoms with Crippen molar-refractivity contribution >= 4 is 17.4 Å². The molecule has 5 nitrogen and oxygen atoms in total. The molecule has 0 radical (unpaired) electrons. The highest BCUT2D eigenvalue weighted by Gasteiger charge is 2.44. The van der Waals surface area contributed by atoms with E-state index in [2.05, 4.69) is 5.32 Å². The summed E-state index contributed by atoms with van der Waals surface area (Å²) >= 11 is 0. The summed E-state index contributed by atoms with van der Waals surface area (Å²) in [5, 5.41) is 2.17. The van der Waals surface area contributed by atoms with Crippen LogP contribution in [-0.4, -0.2) is 30.5 Å². The number of anilines is 1. The number of ether oxygens (including phenoxy) is 1. The van der Waals surface area contributed by atoms with Crippen molar-refractivity contribution in [3.63, 3.8) is 0 Å². The molecule has 152 valence electrons. The number of nitrogens with zero attached hydrogens (tertiary/aromatic N) is 1. The minimum atomic E-state index is -4.96. The first-order chi connectivity index (χ1) is 13.8. The molecular weight excluding hydrogens is 385 g/mol. The van der Waals surface area contributed by atoms with Crippen molar-refractivity contribution in [3.8, 4) is 11.5 Å². The number of alkyl halides is 3. The lowest BCUT2D eigenvalue weighted by Gasteiger charge is -2.42. The molecule has 2 atom stereocenters. The van der Waals surface area contributed by atoms with Crippen LogP contribution in [0.3, 0.4) is 0 Å². The zero-order valence-corrected chi connectivity index (χ0v) is 15.6. The normalized spacial score (nSPS) is 20.5. The third kappa shape index (κ3) is 3.54. The maximum Gasteiger partial charge on any atom is 0.471 e. The highest BCUT2D eigenvalue weighted by atomic mass is 19.4. The maximum absolute atomic E-state index is 12.9. The number of nitrogens with one attached hydrogen (secondary N) is 1. The molecule has 2 aliphatic heterocycles. The first-order valence-electron chi connectivity index (χ1n) is 9.32. The Hall–Kier alpha value is -3.03. The molecule has 0 spiro atoms. The Bertz CT molecular complexity index is 974. The molecule has 2 heterocycles. The Morgan fingerprint density at radius 1 is 1.14 bits per heavy atom. The van der Waals surface area contributed by atoms with Crippen molar-refractivity contribution < 1.29 is 27.5 Å². The summed E-state index contributed by atoms with van der Waals surface area (Å²) in [5.41, 5.74) is 1.81. The van der Waals surface area contributed by atoms with E-state index in [1.54, 1.807) is 42.5 Å². The first-order valence-corrected chi connectivity index (χ1v) is 9.32. The Balaban J connectivity index is 1.82. The lowest BCUT2D eigenvalue weighted by Crippen LogP contribution is -2.52. The second-order valence-electron chi connectivity index (χ2n) is 7.24. The molecule has 0 unspecified atom stereocenters. The van der Waals surface area contributed by atoms with Gasteiger partial charge in [0.15, 0.2) is 11.5 Å². The summed E-state index contributed by atoms with van der Waals surface area (Å²) in [5.74, 6) is -1.03. The van der Waals surface area contributed by atoms with E-state index >= 15 is 0 Å². The largest absolute Gasteiger partial charge is 0.471 e. The van der Waals surface area contributed by atoms with E-state index in [4.69, 9.17) is 4.74 Å². The fraction of sp³-hybridized carbons (Fsp3) is 0.333. The first kappa shape index (κ1) is 19.3. The molecule has 1 N–H and O–H groups in total. The molecule has 2 aromatic rings. The van der Waals surface area contributed by atoms with Gasteiger partial charge in [-0.2, -0.15) is 13.2 Å². The number of carbonyl (C=O) groups is 2. The summed E-state index contributed by atoms with van der Waals surface area (Å²) in [4.78, 5) is 25.5. The van der Waals surface area contributed by atoms with Gasteiger partial charge in [0, 0.05) is 17.7 Å². The average molecular weight is 404 g/mol. The van der Waals surface area contributed by atoms with Crippen LogP contribution in [0.1, 0.15) is 41.7 Å². The van der Waals surface area contributed by atoms with Gasteiger partial charge >= 0.3 is 12.1 Å². The topological polar surface area (TPSA) is 58.6 Å². The van der Waals surface area contributed by atoms with Crippen molar-refractivity contribution in [3.05, 3.63) is 53.6 Å². The number of piperidine rings is 1.